The van der Waals surface area contributed by atoms with Crippen LogP contribution in [0.5, 0.6) is 5.75 Å². The van der Waals surface area contributed by atoms with Crippen LogP contribution in [0, 0.1) is 11.3 Å². The lowest BCUT2D eigenvalue weighted by Crippen LogP contribution is -1.98. The van der Waals surface area contributed by atoms with Crippen molar-refractivity contribution in [2.24, 2.45) is 0 Å². The highest BCUT2D eigenvalue weighted by molar-refractivity contribution is 6.30. The molecule has 154 valence electrons. The molecule has 0 aliphatic rings. The van der Waals surface area contributed by atoms with Crippen molar-refractivity contribution in [3.05, 3.63) is 94.7 Å². The number of ether oxygens (including phenoxy) is 1. The van der Waals surface area contributed by atoms with Crippen LogP contribution in [0.1, 0.15) is 29.1 Å². The SMILES string of the molecule is N#CCCc1ccc(-c2cc(Cc3ccc(OCc4cc(Cl)ccn4)cc3)no2)cn1. The van der Waals surface area contributed by atoms with E-state index in [1.807, 2.05) is 42.5 Å². The zero-order valence-corrected chi connectivity index (χ0v) is 17.4. The topological polar surface area (TPSA) is 84.8 Å². The fourth-order valence-corrected chi connectivity index (χ4v) is 3.21. The molecule has 0 aliphatic heterocycles. The molecule has 3 heterocycles. The highest BCUT2D eigenvalue weighted by atomic mass is 35.5. The molecule has 0 aliphatic carbocycles. The number of rotatable bonds is 8. The number of aromatic nitrogens is 3. The molecule has 1 aromatic carbocycles. The summed E-state index contributed by atoms with van der Waals surface area (Å²) in [4.78, 5) is 8.60. The summed E-state index contributed by atoms with van der Waals surface area (Å²) in [6.45, 7) is 0.357. The summed E-state index contributed by atoms with van der Waals surface area (Å²) in [6, 6.07) is 19.3. The van der Waals surface area contributed by atoms with Crippen LogP contribution in [-0.2, 0) is 19.4 Å². The molecular weight excluding hydrogens is 412 g/mol. The molecule has 0 amide bonds. The third-order valence-electron chi connectivity index (χ3n) is 4.64. The van der Waals surface area contributed by atoms with Gasteiger partial charge >= 0.3 is 0 Å². The van der Waals surface area contributed by atoms with E-state index in [-0.39, 0.29) is 0 Å². The number of hydrogen-bond acceptors (Lipinski definition) is 6. The second-order valence-corrected chi connectivity index (χ2v) is 7.39. The number of nitriles is 1. The Kier molecular flexibility index (Phi) is 6.56. The predicted octanol–water partition coefficient (Wildman–Crippen LogP) is 5.41. The lowest BCUT2D eigenvalue weighted by molar-refractivity contribution is 0.301. The predicted molar refractivity (Wildman–Crippen MR) is 116 cm³/mol. The van der Waals surface area contributed by atoms with Gasteiger partial charge in [-0.05, 0) is 42.0 Å². The van der Waals surface area contributed by atoms with Crippen molar-refractivity contribution in [2.75, 3.05) is 0 Å². The summed E-state index contributed by atoms with van der Waals surface area (Å²) >= 11 is 5.97. The van der Waals surface area contributed by atoms with Gasteiger partial charge in [-0.3, -0.25) is 9.97 Å². The molecule has 0 saturated heterocycles. The van der Waals surface area contributed by atoms with Crippen LogP contribution in [-0.4, -0.2) is 15.1 Å². The number of nitrogens with zero attached hydrogens (tertiary/aromatic N) is 4. The molecule has 4 aromatic rings. The maximum atomic E-state index is 8.67. The van der Waals surface area contributed by atoms with Crippen LogP contribution >= 0.6 is 11.6 Å². The van der Waals surface area contributed by atoms with Crippen molar-refractivity contribution < 1.29 is 9.26 Å². The van der Waals surface area contributed by atoms with Gasteiger partial charge in [-0.1, -0.05) is 28.9 Å². The third-order valence-corrected chi connectivity index (χ3v) is 4.87. The maximum Gasteiger partial charge on any atom is 0.168 e. The van der Waals surface area contributed by atoms with E-state index in [4.69, 9.17) is 26.1 Å². The molecular formula is C24H19ClN4O2. The van der Waals surface area contributed by atoms with Crippen molar-refractivity contribution in [1.82, 2.24) is 15.1 Å². The Morgan fingerprint density at radius 3 is 2.58 bits per heavy atom. The van der Waals surface area contributed by atoms with Gasteiger partial charge in [0.05, 0.1) is 17.5 Å². The van der Waals surface area contributed by atoms with E-state index in [0.717, 1.165) is 34.0 Å². The highest BCUT2D eigenvalue weighted by Gasteiger charge is 2.09. The average Bonchev–Trinajstić information content (AvgIpc) is 3.26. The lowest BCUT2D eigenvalue weighted by atomic mass is 10.1. The lowest BCUT2D eigenvalue weighted by Gasteiger charge is -2.06. The van der Waals surface area contributed by atoms with E-state index < -0.39 is 0 Å². The molecule has 0 radical (unpaired) electrons. The van der Waals surface area contributed by atoms with Gasteiger partial charge in [0.15, 0.2) is 5.76 Å². The molecule has 0 spiro atoms. The molecule has 7 heteroatoms. The first kappa shape index (κ1) is 20.6. The first-order valence-corrected chi connectivity index (χ1v) is 10.2. The second kappa shape index (κ2) is 9.88. The highest BCUT2D eigenvalue weighted by Crippen LogP contribution is 2.22. The number of aryl methyl sites for hydroxylation is 1. The van der Waals surface area contributed by atoms with E-state index in [0.29, 0.717) is 36.7 Å². The van der Waals surface area contributed by atoms with Crippen molar-refractivity contribution in [1.29, 1.82) is 5.26 Å². The first-order chi connectivity index (χ1) is 15.2. The summed E-state index contributed by atoms with van der Waals surface area (Å²) < 4.78 is 11.2. The summed E-state index contributed by atoms with van der Waals surface area (Å²) in [5, 5.41) is 13.5. The largest absolute Gasteiger partial charge is 0.487 e. The number of benzene rings is 1. The van der Waals surface area contributed by atoms with E-state index in [2.05, 4.69) is 21.2 Å². The van der Waals surface area contributed by atoms with Crippen LogP contribution in [0.3, 0.4) is 0 Å². The quantitative estimate of drug-likeness (QED) is 0.371. The van der Waals surface area contributed by atoms with Gasteiger partial charge < -0.3 is 9.26 Å². The van der Waals surface area contributed by atoms with Crippen molar-refractivity contribution in [3.8, 4) is 23.1 Å². The molecule has 0 saturated carbocycles. The van der Waals surface area contributed by atoms with E-state index >= 15 is 0 Å². The number of halogens is 1. The first-order valence-electron chi connectivity index (χ1n) is 9.79. The number of pyridine rings is 2. The fourth-order valence-electron chi connectivity index (χ4n) is 3.03. The van der Waals surface area contributed by atoms with E-state index in [1.54, 1.807) is 24.5 Å². The minimum atomic E-state index is 0.357. The van der Waals surface area contributed by atoms with Gasteiger partial charge in [-0.2, -0.15) is 5.26 Å². The molecule has 31 heavy (non-hydrogen) atoms. The monoisotopic (exact) mass is 430 g/mol. The smallest absolute Gasteiger partial charge is 0.168 e. The van der Waals surface area contributed by atoms with Gasteiger partial charge in [0.1, 0.15) is 12.4 Å². The van der Waals surface area contributed by atoms with E-state index in [1.165, 1.54) is 0 Å². The average molecular weight is 431 g/mol. The second-order valence-electron chi connectivity index (χ2n) is 6.95. The molecule has 0 atom stereocenters. The minimum Gasteiger partial charge on any atom is -0.487 e. The van der Waals surface area contributed by atoms with Gasteiger partial charge in [0.2, 0.25) is 0 Å². The zero-order valence-electron chi connectivity index (χ0n) is 16.7. The number of hydrogen-bond donors (Lipinski definition) is 0. The van der Waals surface area contributed by atoms with Crippen LogP contribution in [0.2, 0.25) is 5.02 Å². The molecule has 0 bridgehead atoms. The van der Waals surface area contributed by atoms with Crippen molar-refractivity contribution in [3.63, 3.8) is 0 Å². The van der Waals surface area contributed by atoms with E-state index in [9.17, 15) is 0 Å². The molecule has 0 N–H and O–H groups in total. The Morgan fingerprint density at radius 2 is 1.84 bits per heavy atom. The Morgan fingerprint density at radius 1 is 0.968 bits per heavy atom. The fraction of sp³-hybridized carbons (Fsp3) is 0.167. The van der Waals surface area contributed by atoms with Gasteiger partial charge in [-0.25, -0.2) is 0 Å². The molecule has 3 aromatic heterocycles. The minimum absolute atomic E-state index is 0.357. The Bertz CT molecular complexity index is 1180. The van der Waals surface area contributed by atoms with Crippen LogP contribution in [0.15, 0.2) is 71.5 Å². The normalized spacial score (nSPS) is 10.6. The van der Waals surface area contributed by atoms with Crippen molar-refractivity contribution >= 4 is 11.6 Å². The Balaban J connectivity index is 1.34. The summed E-state index contributed by atoms with van der Waals surface area (Å²) in [7, 11) is 0. The molecule has 0 fully saturated rings. The summed E-state index contributed by atoms with van der Waals surface area (Å²) in [6.07, 6.45) is 5.16. The third kappa shape index (κ3) is 5.68. The van der Waals surface area contributed by atoms with Gasteiger partial charge in [-0.15, -0.1) is 0 Å². The van der Waals surface area contributed by atoms with Crippen molar-refractivity contribution in [2.45, 2.75) is 25.9 Å². The zero-order chi connectivity index (χ0) is 21.5. The van der Waals surface area contributed by atoms with Crippen LogP contribution in [0.25, 0.3) is 11.3 Å². The summed E-state index contributed by atoms with van der Waals surface area (Å²) in [5.41, 5.74) is 4.45. The summed E-state index contributed by atoms with van der Waals surface area (Å²) in [5.74, 6) is 1.43. The Labute approximate surface area is 185 Å². The maximum absolute atomic E-state index is 8.67. The van der Waals surface area contributed by atoms with Gasteiger partial charge in [0, 0.05) is 54.0 Å². The molecule has 0 unspecified atom stereocenters. The molecule has 4 rings (SSSR count). The standard InChI is InChI=1S/C24H19ClN4O2/c25-19-9-11-27-22(13-19)16-30-23-7-3-17(4-8-23)12-21-14-24(31-29-21)18-5-6-20(28-15-18)2-1-10-26/h3-9,11,13-15H,1-2,12,16H2. The molecule has 6 nitrogen and oxygen atoms in total. The van der Waals surface area contributed by atoms with Crippen LogP contribution < -0.4 is 4.74 Å². The van der Waals surface area contributed by atoms with Gasteiger partial charge in [0.25, 0.3) is 0 Å². The van der Waals surface area contributed by atoms with Crippen LogP contribution in [0.4, 0.5) is 0 Å². The Hall–Kier alpha value is -3.69.